The highest BCUT2D eigenvalue weighted by Gasteiger charge is 2.34. The number of hydrogen-bond donors (Lipinski definition) is 3. The van der Waals surface area contributed by atoms with Crippen molar-refractivity contribution >= 4 is 28.9 Å². The van der Waals surface area contributed by atoms with Gasteiger partial charge in [0.2, 0.25) is 5.91 Å². The summed E-state index contributed by atoms with van der Waals surface area (Å²) < 4.78 is 0. The van der Waals surface area contributed by atoms with E-state index in [-0.39, 0.29) is 11.8 Å². The van der Waals surface area contributed by atoms with Crippen molar-refractivity contribution in [2.24, 2.45) is 11.8 Å². The standard InChI is InChI=1S/C12H13N5O3/c18-11(6-1-2-7(3-6)12(19)20)17-10-8-9(14-4-13-8)15-5-16-10/h4-7H,1-3H2,(H,19,20)(H2,13,14,15,16,17,18). The van der Waals surface area contributed by atoms with Gasteiger partial charge in [0, 0.05) is 5.92 Å². The smallest absolute Gasteiger partial charge is 0.306 e. The predicted molar refractivity (Wildman–Crippen MR) is 68.8 cm³/mol. The van der Waals surface area contributed by atoms with E-state index in [9.17, 15) is 9.59 Å². The van der Waals surface area contributed by atoms with Crippen LogP contribution in [0.5, 0.6) is 0 Å². The van der Waals surface area contributed by atoms with Crippen molar-refractivity contribution < 1.29 is 14.7 Å². The monoisotopic (exact) mass is 275 g/mol. The molecular formula is C12H13N5O3. The van der Waals surface area contributed by atoms with E-state index in [0.29, 0.717) is 36.2 Å². The van der Waals surface area contributed by atoms with Crippen molar-refractivity contribution in [1.82, 2.24) is 19.9 Å². The zero-order chi connectivity index (χ0) is 14.1. The van der Waals surface area contributed by atoms with E-state index < -0.39 is 11.9 Å². The maximum absolute atomic E-state index is 12.1. The Bertz CT molecular complexity index is 668. The van der Waals surface area contributed by atoms with Crippen LogP contribution in [0.3, 0.4) is 0 Å². The van der Waals surface area contributed by atoms with Gasteiger partial charge in [-0.15, -0.1) is 0 Å². The summed E-state index contributed by atoms with van der Waals surface area (Å²) in [5, 5.41) is 11.7. The van der Waals surface area contributed by atoms with E-state index in [1.54, 1.807) is 0 Å². The lowest BCUT2D eigenvalue weighted by Crippen LogP contribution is -2.22. The van der Waals surface area contributed by atoms with Gasteiger partial charge in [0.15, 0.2) is 11.5 Å². The van der Waals surface area contributed by atoms with E-state index in [0.717, 1.165) is 0 Å². The van der Waals surface area contributed by atoms with Crippen LogP contribution in [0.25, 0.3) is 11.2 Å². The Labute approximate surface area is 113 Å². The van der Waals surface area contributed by atoms with E-state index in [2.05, 4.69) is 25.3 Å². The molecule has 0 spiro atoms. The Kier molecular flexibility index (Phi) is 3.05. The second-order valence-corrected chi connectivity index (χ2v) is 4.86. The number of nitrogens with zero attached hydrogens (tertiary/aromatic N) is 3. The first-order valence-electron chi connectivity index (χ1n) is 6.33. The number of carboxylic acid groups (broad SMARTS) is 1. The minimum Gasteiger partial charge on any atom is -0.481 e. The highest BCUT2D eigenvalue weighted by molar-refractivity contribution is 5.98. The Morgan fingerprint density at radius 2 is 2.05 bits per heavy atom. The van der Waals surface area contributed by atoms with Crippen LogP contribution in [-0.2, 0) is 9.59 Å². The fraction of sp³-hybridized carbons (Fsp3) is 0.417. The number of aliphatic carboxylic acids is 1. The molecule has 1 fully saturated rings. The first kappa shape index (κ1) is 12.5. The van der Waals surface area contributed by atoms with Crippen LogP contribution in [0.1, 0.15) is 19.3 Å². The molecule has 2 aromatic rings. The summed E-state index contributed by atoms with van der Waals surface area (Å²) in [5.74, 6) is -1.38. The molecule has 0 saturated heterocycles. The number of carbonyl (C=O) groups excluding carboxylic acids is 1. The Morgan fingerprint density at radius 1 is 1.25 bits per heavy atom. The Balaban J connectivity index is 1.73. The topological polar surface area (TPSA) is 121 Å². The SMILES string of the molecule is O=C(O)C1CCC(C(=O)Nc2ncnc3nc[nH]c23)C1. The fourth-order valence-electron chi connectivity index (χ4n) is 2.52. The van der Waals surface area contributed by atoms with E-state index in [1.165, 1.54) is 12.7 Å². The number of imidazole rings is 1. The number of fused-ring (bicyclic) bond motifs is 1. The lowest BCUT2D eigenvalue weighted by molar-refractivity contribution is -0.141. The summed E-state index contributed by atoms with van der Waals surface area (Å²) in [5.41, 5.74) is 1.04. The highest BCUT2D eigenvalue weighted by Crippen LogP contribution is 2.32. The van der Waals surface area contributed by atoms with Crippen LogP contribution in [-0.4, -0.2) is 36.9 Å². The second kappa shape index (κ2) is 4.87. The third kappa shape index (κ3) is 2.20. The number of carboxylic acids is 1. The van der Waals surface area contributed by atoms with Gasteiger partial charge < -0.3 is 15.4 Å². The van der Waals surface area contributed by atoms with Gasteiger partial charge in [-0.3, -0.25) is 9.59 Å². The van der Waals surface area contributed by atoms with Crippen molar-refractivity contribution in [2.75, 3.05) is 5.32 Å². The molecule has 1 aliphatic rings. The summed E-state index contributed by atoms with van der Waals surface area (Å²) in [6, 6.07) is 0. The van der Waals surface area contributed by atoms with Gasteiger partial charge in [0.25, 0.3) is 0 Å². The van der Waals surface area contributed by atoms with Crippen molar-refractivity contribution in [2.45, 2.75) is 19.3 Å². The van der Waals surface area contributed by atoms with Crippen molar-refractivity contribution in [3.63, 3.8) is 0 Å². The number of aromatic amines is 1. The molecule has 3 rings (SSSR count). The van der Waals surface area contributed by atoms with Crippen LogP contribution in [0, 0.1) is 11.8 Å². The zero-order valence-corrected chi connectivity index (χ0v) is 10.5. The number of aromatic nitrogens is 4. The van der Waals surface area contributed by atoms with Crippen LogP contribution in [0.2, 0.25) is 0 Å². The molecule has 1 saturated carbocycles. The van der Waals surface area contributed by atoms with Crippen LogP contribution >= 0.6 is 0 Å². The van der Waals surface area contributed by atoms with Gasteiger partial charge in [-0.2, -0.15) is 0 Å². The molecule has 8 heteroatoms. The molecule has 1 amide bonds. The number of nitrogens with one attached hydrogen (secondary N) is 2. The van der Waals surface area contributed by atoms with Gasteiger partial charge in [-0.25, -0.2) is 15.0 Å². The van der Waals surface area contributed by atoms with Gasteiger partial charge >= 0.3 is 5.97 Å². The highest BCUT2D eigenvalue weighted by atomic mass is 16.4. The molecule has 2 aromatic heterocycles. The lowest BCUT2D eigenvalue weighted by atomic mass is 10.0. The first-order valence-corrected chi connectivity index (χ1v) is 6.33. The summed E-state index contributed by atoms with van der Waals surface area (Å²) in [6.45, 7) is 0. The molecule has 3 N–H and O–H groups in total. The average Bonchev–Trinajstić information content (AvgIpc) is 3.08. The third-order valence-corrected chi connectivity index (χ3v) is 3.62. The number of amides is 1. The Morgan fingerprint density at radius 3 is 2.80 bits per heavy atom. The van der Waals surface area contributed by atoms with Crippen LogP contribution < -0.4 is 5.32 Å². The number of carbonyl (C=O) groups is 2. The van der Waals surface area contributed by atoms with E-state index >= 15 is 0 Å². The van der Waals surface area contributed by atoms with Gasteiger partial charge in [0.1, 0.15) is 11.8 Å². The maximum atomic E-state index is 12.1. The third-order valence-electron chi connectivity index (χ3n) is 3.62. The molecule has 0 bridgehead atoms. The van der Waals surface area contributed by atoms with Gasteiger partial charge in [0.05, 0.1) is 12.2 Å². The molecule has 1 aliphatic carbocycles. The molecule has 20 heavy (non-hydrogen) atoms. The molecular weight excluding hydrogens is 262 g/mol. The molecule has 0 aromatic carbocycles. The summed E-state index contributed by atoms with van der Waals surface area (Å²) in [4.78, 5) is 37.9. The van der Waals surface area contributed by atoms with Crippen molar-refractivity contribution in [1.29, 1.82) is 0 Å². The molecule has 104 valence electrons. The molecule has 2 heterocycles. The molecule has 0 radical (unpaired) electrons. The maximum Gasteiger partial charge on any atom is 0.306 e. The predicted octanol–water partition coefficient (Wildman–Crippen LogP) is 0.792. The minimum atomic E-state index is -0.835. The molecule has 2 atom stereocenters. The van der Waals surface area contributed by atoms with Crippen LogP contribution in [0.15, 0.2) is 12.7 Å². The summed E-state index contributed by atoms with van der Waals surface area (Å²) in [7, 11) is 0. The van der Waals surface area contributed by atoms with E-state index in [4.69, 9.17) is 5.11 Å². The number of H-pyrrole nitrogens is 1. The van der Waals surface area contributed by atoms with Crippen molar-refractivity contribution in [3.05, 3.63) is 12.7 Å². The second-order valence-electron chi connectivity index (χ2n) is 4.86. The average molecular weight is 275 g/mol. The quantitative estimate of drug-likeness (QED) is 0.761. The summed E-state index contributed by atoms with van der Waals surface area (Å²) in [6.07, 6.45) is 4.30. The first-order chi connectivity index (χ1) is 9.65. The molecule has 8 nitrogen and oxygen atoms in total. The largest absolute Gasteiger partial charge is 0.481 e. The van der Waals surface area contributed by atoms with Crippen LogP contribution in [0.4, 0.5) is 5.82 Å². The lowest BCUT2D eigenvalue weighted by Gasteiger charge is -2.10. The summed E-state index contributed by atoms with van der Waals surface area (Å²) >= 11 is 0. The number of rotatable bonds is 3. The Hall–Kier alpha value is -2.51. The van der Waals surface area contributed by atoms with Gasteiger partial charge in [-0.1, -0.05) is 0 Å². The molecule has 0 aliphatic heterocycles. The van der Waals surface area contributed by atoms with E-state index in [1.807, 2.05) is 0 Å². The minimum absolute atomic E-state index is 0.205. The van der Waals surface area contributed by atoms with Gasteiger partial charge in [-0.05, 0) is 19.3 Å². The number of hydrogen-bond acceptors (Lipinski definition) is 5. The zero-order valence-electron chi connectivity index (χ0n) is 10.5. The number of anilines is 1. The fourth-order valence-corrected chi connectivity index (χ4v) is 2.52. The molecule has 2 unspecified atom stereocenters. The normalized spacial score (nSPS) is 22.0. The van der Waals surface area contributed by atoms with Crippen molar-refractivity contribution in [3.8, 4) is 0 Å².